The molecule has 38 heavy (non-hydrogen) atoms. The molecule has 2 aromatic carbocycles. The maximum atomic E-state index is 12.8. The first-order valence-electron chi connectivity index (χ1n) is 12.7. The lowest BCUT2D eigenvalue weighted by Gasteiger charge is -2.40. The number of likely N-dealkylation sites (tertiary alicyclic amines) is 1. The molecule has 196 valence electrons. The van der Waals surface area contributed by atoms with Crippen LogP contribution in [0.4, 0.5) is 5.69 Å². The van der Waals surface area contributed by atoms with E-state index in [1.165, 1.54) is 5.01 Å². The van der Waals surface area contributed by atoms with E-state index in [1.807, 2.05) is 59.2 Å². The van der Waals surface area contributed by atoms with Crippen molar-refractivity contribution in [1.29, 1.82) is 0 Å². The van der Waals surface area contributed by atoms with Gasteiger partial charge in [0, 0.05) is 37.6 Å². The third-order valence-corrected chi connectivity index (χ3v) is 7.30. The number of amidine groups is 1. The van der Waals surface area contributed by atoms with Gasteiger partial charge < -0.3 is 20.3 Å². The van der Waals surface area contributed by atoms with Gasteiger partial charge in [0.15, 0.2) is 17.3 Å². The molecule has 1 atom stereocenters. The highest BCUT2D eigenvalue weighted by Crippen LogP contribution is 2.36. The van der Waals surface area contributed by atoms with Crippen molar-refractivity contribution in [2.24, 2.45) is 16.8 Å². The van der Waals surface area contributed by atoms with E-state index < -0.39 is 0 Å². The summed E-state index contributed by atoms with van der Waals surface area (Å²) in [6.07, 6.45) is 5.07. The highest BCUT2D eigenvalue weighted by molar-refractivity contribution is 6.01. The summed E-state index contributed by atoms with van der Waals surface area (Å²) in [7, 11) is 0. The molecule has 11 heteroatoms. The Morgan fingerprint density at radius 3 is 2.55 bits per heavy atom. The average molecular weight is 515 g/mol. The predicted octanol–water partition coefficient (Wildman–Crippen LogP) is 2.53. The minimum absolute atomic E-state index is 0.0775. The number of hydrogen-bond acceptors (Lipinski definition) is 8. The lowest BCUT2D eigenvalue weighted by molar-refractivity contribution is 0.164. The average Bonchev–Trinajstić information content (AvgIpc) is 3.31. The SMILES string of the molecule is N/N=C(/C(c1ccncc1)N1CCC(n2c(=O)[nH]c3ccccc32)CC1)N(N)c1ccc2c(c1)OCCO2. The summed E-state index contributed by atoms with van der Waals surface area (Å²) in [5.41, 5.74) is 3.35. The number of anilines is 1. The van der Waals surface area contributed by atoms with Gasteiger partial charge in [0.2, 0.25) is 0 Å². The number of imidazole rings is 1. The lowest BCUT2D eigenvalue weighted by atomic mass is 9.98. The van der Waals surface area contributed by atoms with Crippen molar-refractivity contribution >= 4 is 22.6 Å². The van der Waals surface area contributed by atoms with Gasteiger partial charge in [-0.25, -0.2) is 10.6 Å². The molecule has 4 heterocycles. The van der Waals surface area contributed by atoms with Gasteiger partial charge >= 0.3 is 5.69 Å². The normalized spacial score (nSPS) is 17.4. The predicted molar refractivity (Wildman–Crippen MR) is 145 cm³/mol. The number of hydrazine groups is 1. The summed E-state index contributed by atoms with van der Waals surface area (Å²) >= 11 is 0. The number of pyridine rings is 1. The van der Waals surface area contributed by atoms with Crippen molar-refractivity contribution in [3.05, 3.63) is 83.0 Å². The number of H-pyrrole nitrogens is 1. The largest absolute Gasteiger partial charge is 0.486 e. The van der Waals surface area contributed by atoms with Crippen LogP contribution in [0.5, 0.6) is 11.5 Å². The van der Waals surface area contributed by atoms with Gasteiger partial charge in [0.05, 0.1) is 22.8 Å². The van der Waals surface area contributed by atoms with Crippen LogP contribution in [0.25, 0.3) is 11.0 Å². The Hall–Kier alpha value is -4.35. The van der Waals surface area contributed by atoms with Crippen LogP contribution >= 0.6 is 0 Å². The Kier molecular flexibility index (Phi) is 6.44. The van der Waals surface area contributed by atoms with Gasteiger partial charge in [-0.05, 0) is 54.8 Å². The highest BCUT2D eigenvalue weighted by Gasteiger charge is 2.34. The zero-order chi connectivity index (χ0) is 26.1. The number of aromatic nitrogens is 3. The van der Waals surface area contributed by atoms with E-state index in [1.54, 1.807) is 12.4 Å². The van der Waals surface area contributed by atoms with E-state index in [0.29, 0.717) is 36.2 Å². The summed E-state index contributed by atoms with van der Waals surface area (Å²) in [6, 6.07) is 17.0. The quantitative estimate of drug-likeness (QED) is 0.160. The van der Waals surface area contributed by atoms with E-state index in [-0.39, 0.29) is 17.8 Å². The Morgan fingerprint density at radius 2 is 1.79 bits per heavy atom. The van der Waals surface area contributed by atoms with Crippen LogP contribution in [-0.2, 0) is 0 Å². The number of nitrogens with one attached hydrogen (secondary N) is 1. The van der Waals surface area contributed by atoms with Crippen LogP contribution in [0.2, 0.25) is 0 Å². The molecule has 0 aliphatic carbocycles. The Morgan fingerprint density at radius 1 is 1.05 bits per heavy atom. The Labute approximate surface area is 219 Å². The van der Waals surface area contributed by atoms with Crippen molar-refractivity contribution < 1.29 is 9.47 Å². The molecule has 0 amide bonds. The standard InChI is InChI=1S/C27H30N8O3/c28-32-26(35(29)20-5-6-23-24(17-20)38-16-15-37-23)25(18-7-11-30-12-8-18)33-13-9-19(10-14-33)34-22-4-2-1-3-21(22)31-27(34)36/h1-8,11-12,17,19,25H,9-10,13-16,28-29H2,(H,31,36)/b32-26-. The summed E-state index contributed by atoms with van der Waals surface area (Å²) < 4.78 is 13.3. The molecule has 0 spiro atoms. The van der Waals surface area contributed by atoms with Crippen molar-refractivity contribution in [2.45, 2.75) is 24.9 Å². The first-order chi connectivity index (χ1) is 18.6. The van der Waals surface area contributed by atoms with Crippen LogP contribution in [-0.4, -0.2) is 51.6 Å². The number of aromatic amines is 1. The molecule has 0 radical (unpaired) electrons. The van der Waals surface area contributed by atoms with Crippen molar-refractivity contribution in [3.8, 4) is 11.5 Å². The topological polar surface area (TPSA) is 140 Å². The van der Waals surface area contributed by atoms with Crippen LogP contribution < -0.4 is 31.9 Å². The number of nitrogens with zero attached hydrogens (tertiary/aromatic N) is 5. The lowest BCUT2D eigenvalue weighted by Crippen LogP contribution is -2.49. The Bertz CT molecular complexity index is 1510. The number of benzene rings is 2. The summed E-state index contributed by atoms with van der Waals surface area (Å²) in [5, 5.41) is 5.68. The molecule has 2 aromatic heterocycles. The molecule has 1 saturated heterocycles. The molecule has 0 bridgehead atoms. The molecule has 1 unspecified atom stereocenters. The molecule has 4 aromatic rings. The Balaban J connectivity index is 1.28. The molecule has 0 saturated carbocycles. The van der Waals surface area contributed by atoms with Crippen LogP contribution in [0.3, 0.4) is 0 Å². The zero-order valence-corrected chi connectivity index (χ0v) is 20.9. The monoisotopic (exact) mass is 514 g/mol. The van der Waals surface area contributed by atoms with E-state index in [0.717, 1.165) is 42.5 Å². The number of fused-ring (bicyclic) bond motifs is 2. The highest BCUT2D eigenvalue weighted by atomic mass is 16.6. The maximum Gasteiger partial charge on any atom is 0.326 e. The van der Waals surface area contributed by atoms with E-state index >= 15 is 0 Å². The fourth-order valence-electron chi connectivity index (χ4n) is 5.49. The van der Waals surface area contributed by atoms with Crippen molar-refractivity contribution in [3.63, 3.8) is 0 Å². The minimum Gasteiger partial charge on any atom is -0.486 e. The second kappa shape index (κ2) is 10.2. The molecule has 6 rings (SSSR count). The number of para-hydroxylation sites is 2. The summed E-state index contributed by atoms with van der Waals surface area (Å²) in [5.74, 6) is 14.4. The zero-order valence-electron chi connectivity index (χ0n) is 20.9. The fourth-order valence-corrected chi connectivity index (χ4v) is 5.49. The molecule has 11 nitrogen and oxygen atoms in total. The van der Waals surface area contributed by atoms with Crippen LogP contribution in [0.1, 0.15) is 30.5 Å². The number of hydrazone groups is 1. The molecule has 2 aliphatic rings. The smallest absolute Gasteiger partial charge is 0.326 e. The van der Waals surface area contributed by atoms with E-state index in [2.05, 4.69) is 20.0 Å². The first-order valence-corrected chi connectivity index (χ1v) is 12.7. The van der Waals surface area contributed by atoms with Crippen LogP contribution in [0.15, 0.2) is 76.9 Å². The second-order valence-electron chi connectivity index (χ2n) is 9.45. The van der Waals surface area contributed by atoms with Crippen LogP contribution in [0, 0.1) is 0 Å². The number of nitrogens with two attached hydrogens (primary N) is 2. The third kappa shape index (κ3) is 4.35. The molecule has 1 fully saturated rings. The molecular formula is C27H30N8O3. The van der Waals surface area contributed by atoms with Crippen molar-refractivity contribution in [1.82, 2.24) is 19.4 Å². The molecular weight excluding hydrogens is 484 g/mol. The van der Waals surface area contributed by atoms with Gasteiger partial charge in [-0.1, -0.05) is 12.1 Å². The van der Waals surface area contributed by atoms with Gasteiger partial charge in [0.1, 0.15) is 13.2 Å². The summed E-state index contributed by atoms with van der Waals surface area (Å²) in [4.78, 5) is 22.2. The van der Waals surface area contributed by atoms with E-state index in [9.17, 15) is 4.79 Å². The first kappa shape index (κ1) is 24.0. The number of hydrogen-bond donors (Lipinski definition) is 3. The van der Waals surface area contributed by atoms with E-state index in [4.69, 9.17) is 21.2 Å². The van der Waals surface area contributed by atoms with Gasteiger partial charge in [-0.2, -0.15) is 5.10 Å². The molecule has 5 N–H and O–H groups in total. The number of ether oxygens (including phenoxy) is 2. The molecule has 2 aliphatic heterocycles. The third-order valence-electron chi connectivity index (χ3n) is 7.30. The fraction of sp³-hybridized carbons (Fsp3) is 0.296. The second-order valence-corrected chi connectivity index (χ2v) is 9.45. The summed E-state index contributed by atoms with van der Waals surface area (Å²) in [6.45, 7) is 2.43. The number of piperidine rings is 1. The maximum absolute atomic E-state index is 12.8. The van der Waals surface area contributed by atoms with Gasteiger partial charge in [0.25, 0.3) is 0 Å². The van der Waals surface area contributed by atoms with Gasteiger partial charge in [-0.15, -0.1) is 0 Å². The van der Waals surface area contributed by atoms with Crippen molar-refractivity contribution in [2.75, 3.05) is 31.3 Å². The number of rotatable bonds is 5. The van der Waals surface area contributed by atoms with Gasteiger partial charge in [-0.3, -0.25) is 19.5 Å². The minimum atomic E-state index is -0.318.